The van der Waals surface area contributed by atoms with Crippen molar-refractivity contribution in [3.05, 3.63) is 65.9 Å². The molecule has 5 heteroatoms. The Hall–Kier alpha value is -2.95. The van der Waals surface area contributed by atoms with Gasteiger partial charge in [-0.15, -0.1) is 10.2 Å². The minimum Gasteiger partial charge on any atom is -0.355 e. The van der Waals surface area contributed by atoms with Gasteiger partial charge >= 0.3 is 0 Å². The summed E-state index contributed by atoms with van der Waals surface area (Å²) in [6, 6.07) is 17.8. The molecule has 1 atom stereocenters. The predicted octanol–water partition coefficient (Wildman–Crippen LogP) is 4.36. The van der Waals surface area contributed by atoms with Crippen molar-refractivity contribution in [2.75, 3.05) is 18.0 Å². The van der Waals surface area contributed by atoms with Gasteiger partial charge in [0.1, 0.15) is 0 Å². The van der Waals surface area contributed by atoms with Crippen molar-refractivity contribution < 1.29 is 4.79 Å². The highest BCUT2D eigenvalue weighted by atomic mass is 16.2. The summed E-state index contributed by atoms with van der Waals surface area (Å²) in [4.78, 5) is 15.2. The van der Waals surface area contributed by atoms with E-state index in [4.69, 9.17) is 0 Å². The largest absolute Gasteiger partial charge is 0.355 e. The summed E-state index contributed by atoms with van der Waals surface area (Å²) >= 11 is 0. The molecule has 2 heterocycles. The number of anilines is 1. The summed E-state index contributed by atoms with van der Waals surface area (Å²) in [7, 11) is 0. The Labute approximate surface area is 165 Å². The third-order valence-electron chi connectivity index (χ3n) is 5.61. The fourth-order valence-electron chi connectivity index (χ4n) is 3.80. The summed E-state index contributed by atoms with van der Waals surface area (Å²) in [6.07, 6.45) is 2.32. The molecule has 5 nitrogen and oxygen atoms in total. The smallest absolute Gasteiger partial charge is 0.272 e. The molecule has 0 radical (unpaired) electrons. The number of amides is 1. The van der Waals surface area contributed by atoms with E-state index in [1.54, 1.807) is 0 Å². The highest BCUT2D eigenvalue weighted by Gasteiger charge is 2.22. The van der Waals surface area contributed by atoms with E-state index < -0.39 is 0 Å². The first-order chi connectivity index (χ1) is 13.6. The molecule has 3 aromatic rings. The highest BCUT2D eigenvalue weighted by Crippen LogP contribution is 2.29. The Balaban J connectivity index is 1.63. The Morgan fingerprint density at radius 3 is 2.36 bits per heavy atom. The average Bonchev–Trinajstić information content (AvgIpc) is 2.74. The van der Waals surface area contributed by atoms with Crippen LogP contribution >= 0.6 is 0 Å². The van der Waals surface area contributed by atoms with Gasteiger partial charge in [0.15, 0.2) is 11.5 Å². The zero-order valence-corrected chi connectivity index (χ0v) is 16.4. The molecule has 0 aliphatic carbocycles. The van der Waals surface area contributed by atoms with Crippen molar-refractivity contribution in [1.82, 2.24) is 15.5 Å². The number of carbonyl (C=O) groups excluding carboxylic acids is 1. The molecule has 1 saturated heterocycles. The number of benzene rings is 2. The van der Waals surface area contributed by atoms with E-state index in [1.165, 1.54) is 0 Å². The molecule has 0 saturated carbocycles. The highest BCUT2D eigenvalue weighted by molar-refractivity contribution is 6.07. The van der Waals surface area contributed by atoms with E-state index in [0.29, 0.717) is 5.69 Å². The van der Waals surface area contributed by atoms with E-state index >= 15 is 0 Å². The second-order valence-electron chi connectivity index (χ2n) is 7.69. The van der Waals surface area contributed by atoms with Crippen LogP contribution in [-0.2, 0) is 0 Å². The van der Waals surface area contributed by atoms with Crippen molar-refractivity contribution in [1.29, 1.82) is 0 Å². The van der Waals surface area contributed by atoms with Gasteiger partial charge in [0.25, 0.3) is 5.91 Å². The lowest BCUT2D eigenvalue weighted by atomic mass is 9.99. The van der Waals surface area contributed by atoms with Crippen LogP contribution in [0.3, 0.4) is 0 Å². The van der Waals surface area contributed by atoms with Crippen molar-refractivity contribution in [2.24, 2.45) is 5.92 Å². The molecule has 1 unspecified atom stereocenters. The van der Waals surface area contributed by atoms with Crippen LogP contribution in [-0.4, -0.2) is 29.2 Å². The summed E-state index contributed by atoms with van der Waals surface area (Å²) in [5, 5.41) is 13.7. The Morgan fingerprint density at radius 2 is 1.64 bits per heavy atom. The van der Waals surface area contributed by atoms with E-state index in [-0.39, 0.29) is 11.9 Å². The molecule has 1 N–H and O–H groups in total. The average molecular weight is 374 g/mol. The van der Waals surface area contributed by atoms with E-state index in [0.717, 1.165) is 54.0 Å². The molecule has 1 fully saturated rings. The Morgan fingerprint density at radius 1 is 1.00 bits per heavy atom. The molecular weight excluding hydrogens is 348 g/mol. The van der Waals surface area contributed by atoms with E-state index in [9.17, 15) is 4.79 Å². The first kappa shape index (κ1) is 18.4. The van der Waals surface area contributed by atoms with Gasteiger partial charge in [-0.05, 0) is 31.2 Å². The van der Waals surface area contributed by atoms with Crippen LogP contribution in [0.15, 0.2) is 54.6 Å². The molecule has 1 aliphatic heterocycles. The first-order valence-electron chi connectivity index (χ1n) is 9.99. The van der Waals surface area contributed by atoms with Crippen molar-refractivity contribution >= 4 is 22.5 Å². The van der Waals surface area contributed by atoms with Crippen molar-refractivity contribution in [3.63, 3.8) is 0 Å². The van der Waals surface area contributed by atoms with Crippen molar-refractivity contribution in [3.8, 4) is 0 Å². The lowest BCUT2D eigenvalue weighted by molar-refractivity contribution is 0.0936. The standard InChI is InChI=1S/C23H26N4O/c1-16-12-14-27(15-13-16)22-20-11-7-6-10-19(20)21(25-26-22)23(28)24-17(2)18-8-4-3-5-9-18/h3-11,16-17H,12-15H2,1-2H3,(H,24,28). The number of nitrogens with zero attached hydrogens (tertiary/aromatic N) is 3. The maximum Gasteiger partial charge on any atom is 0.272 e. The molecule has 4 rings (SSSR count). The number of rotatable bonds is 4. The first-order valence-corrected chi connectivity index (χ1v) is 9.99. The lowest BCUT2D eigenvalue weighted by Crippen LogP contribution is -2.34. The van der Waals surface area contributed by atoms with E-state index in [2.05, 4.69) is 27.3 Å². The number of aromatic nitrogens is 2. The summed E-state index contributed by atoms with van der Waals surface area (Å²) in [5.41, 5.74) is 1.44. The zero-order chi connectivity index (χ0) is 19.5. The SMILES string of the molecule is CC1CCN(c2nnc(C(=O)NC(C)c3ccccc3)c3ccccc23)CC1. The quantitative estimate of drug-likeness (QED) is 0.737. The van der Waals surface area contributed by atoms with Gasteiger partial charge in [0.05, 0.1) is 6.04 Å². The van der Waals surface area contributed by atoms with Crippen LogP contribution in [0.1, 0.15) is 48.8 Å². The molecule has 0 spiro atoms. The van der Waals surface area contributed by atoms with Gasteiger partial charge in [-0.25, -0.2) is 0 Å². The number of nitrogens with one attached hydrogen (secondary N) is 1. The molecular formula is C23H26N4O. The summed E-state index contributed by atoms with van der Waals surface area (Å²) in [5.74, 6) is 1.44. The van der Waals surface area contributed by atoms with Gasteiger partial charge in [-0.2, -0.15) is 0 Å². The molecule has 1 aromatic heterocycles. The summed E-state index contributed by atoms with van der Waals surface area (Å²) < 4.78 is 0. The monoisotopic (exact) mass is 374 g/mol. The zero-order valence-electron chi connectivity index (χ0n) is 16.4. The van der Waals surface area contributed by atoms with Gasteiger partial charge in [-0.1, -0.05) is 61.5 Å². The number of fused-ring (bicyclic) bond motifs is 1. The van der Waals surface area contributed by atoms with Crippen LogP contribution in [0.2, 0.25) is 0 Å². The van der Waals surface area contributed by atoms with Crippen LogP contribution < -0.4 is 10.2 Å². The Bertz CT molecular complexity index is 965. The normalized spacial score (nSPS) is 16.1. The topological polar surface area (TPSA) is 58.1 Å². The number of hydrogen-bond donors (Lipinski definition) is 1. The van der Waals surface area contributed by atoms with E-state index in [1.807, 2.05) is 61.5 Å². The van der Waals surface area contributed by atoms with Gasteiger partial charge in [-0.3, -0.25) is 4.79 Å². The van der Waals surface area contributed by atoms with Crippen LogP contribution in [0.4, 0.5) is 5.82 Å². The minimum absolute atomic E-state index is 0.0995. The van der Waals surface area contributed by atoms with Gasteiger partial charge < -0.3 is 10.2 Å². The number of piperidine rings is 1. The van der Waals surface area contributed by atoms with Crippen LogP contribution in [0.5, 0.6) is 0 Å². The predicted molar refractivity (Wildman–Crippen MR) is 112 cm³/mol. The van der Waals surface area contributed by atoms with Gasteiger partial charge in [0, 0.05) is 23.9 Å². The maximum absolute atomic E-state index is 12.9. The maximum atomic E-state index is 12.9. The fraction of sp³-hybridized carbons (Fsp3) is 0.348. The molecule has 28 heavy (non-hydrogen) atoms. The third-order valence-corrected chi connectivity index (χ3v) is 5.61. The third kappa shape index (κ3) is 3.70. The van der Waals surface area contributed by atoms with Crippen LogP contribution in [0, 0.1) is 5.92 Å². The molecule has 1 amide bonds. The molecule has 0 bridgehead atoms. The molecule has 144 valence electrons. The lowest BCUT2D eigenvalue weighted by Gasteiger charge is -2.31. The number of hydrogen-bond acceptors (Lipinski definition) is 4. The number of carbonyl (C=O) groups is 1. The second kappa shape index (κ2) is 7.97. The summed E-state index contributed by atoms with van der Waals surface area (Å²) in [6.45, 7) is 6.24. The second-order valence-corrected chi connectivity index (χ2v) is 7.69. The van der Waals surface area contributed by atoms with Crippen LogP contribution in [0.25, 0.3) is 10.8 Å². The van der Waals surface area contributed by atoms with Crippen molar-refractivity contribution in [2.45, 2.75) is 32.7 Å². The fourth-order valence-corrected chi connectivity index (χ4v) is 3.80. The molecule has 1 aliphatic rings. The Kier molecular flexibility index (Phi) is 5.24. The van der Waals surface area contributed by atoms with Gasteiger partial charge in [0.2, 0.25) is 0 Å². The minimum atomic E-state index is -0.195. The molecule has 2 aromatic carbocycles.